The Morgan fingerprint density at radius 3 is 2.61 bits per heavy atom. The number of benzene rings is 1. The SMILES string of the molecule is CNCC(=O)Oc1c(CO)cc(C)cc1OC.P. The molecule has 1 unspecified atom stereocenters. The van der Waals surface area contributed by atoms with Gasteiger partial charge in [0.1, 0.15) is 0 Å². The van der Waals surface area contributed by atoms with E-state index in [2.05, 4.69) is 5.32 Å². The van der Waals surface area contributed by atoms with Gasteiger partial charge < -0.3 is 19.9 Å². The molecule has 0 spiro atoms. The summed E-state index contributed by atoms with van der Waals surface area (Å²) in [5.74, 6) is 0.295. The Morgan fingerprint density at radius 1 is 1.44 bits per heavy atom. The summed E-state index contributed by atoms with van der Waals surface area (Å²) in [6.07, 6.45) is 0. The zero-order valence-corrected chi connectivity index (χ0v) is 12.4. The van der Waals surface area contributed by atoms with Crippen LogP contribution < -0.4 is 14.8 Å². The number of esters is 1. The Morgan fingerprint density at radius 2 is 2.11 bits per heavy atom. The fraction of sp³-hybridized carbons (Fsp3) is 0.417. The van der Waals surface area contributed by atoms with Crippen molar-refractivity contribution in [2.75, 3.05) is 20.7 Å². The lowest BCUT2D eigenvalue weighted by Crippen LogP contribution is -2.23. The molecule has 0 bridgehead atoms. The smallest absolute Gasteiger partial charge is 0.325 e. The van der Waals surface area contributed by atoms with Crippen LogP contribution in [-0.4, -0.2) is 31.8 Å². The van der Waals surface area contributed by atoms with Gasteiger partial charge in [-0.2, -0.15) is 9.90 Å². The van der Waals surface area contributed by atoms with Gasteiger partial charge in [0, 0.05) is 5.56 Å². The van der Waals surface area contributed by atoms with Gasteiger partial charge >= 0.3 is 5.97 Å². The van der Waals surface area contributed by atoms with Crippen molar-refractivity contribution in [3.63, 3.8) is 0 Å². The normalized spacial score (nSPS) is 9.56. The van der Waals surface area contributed by atoms with Crippen LogP contribution in [0.5, 0.6) is 11.5 Å². The topological polar surface area (TPSA) is 67.8 Å². The summed E-state index contributed by atoms with van der Waals surface area (Å²) in [6.45, 7) is 1.77. The first kappa shape index (κ1) is 16.8. The number of aliphatic hydroxyl groups is 1. The Hall–Kier alpha value is -1.16. The molecule has 0 heterocycles. The highest BCUT2D eigenvalue weighted by Crippen LogP contribution is 2.32. The van der Waals surface area contributed by atoms with Gasteiger partial charge in [0.25, 0.3) is 0 Å². The van der Waals surface area contributed by atoms with Gasteiger partial charge in [0.05, 0.1) is 20.3 Å². The number of ether oxygens (including phenoxy) is 2. The van der Waals surface area contributed by atoms with Crippen molar-refractivity contribution in [1.82, 2.24) is 5.32 Å². The van der Waals surface area contributed by atoms with Crippen LogP contribution in [-0.2, 0) is 11.4 Å². The van der Waals surface area contributed by atoms with Crippen LogP contribution in [0.4, 0.5) is 0 Å². The number of aliphatic hydroxyl groups excluding tert-OH is 1. The molecule has 0 aliphatic carbocycles. The Balaban J connectivity index is 0.00000289. The van der Waals surface area contributed by atoms with E-state index < -0.39 is 5.97 Å². The number of hydrogen-bond donors (Lipinski definition) is 2. The predicted molar refractivity (Wildman–Crippen MR) is 74.3 cm³/mol. The number of nitrogens with one attached hydrogen (secondary N) is 1. The largest absolute Gasteiger partial charge is 0.493 e. The number of aryl methyl sites for hydroxylation is 1. The van der Waals surface area contributed by atoms with Gasteiger partial charge in [-0.25, -0.2) is 0 Å². The lowest BCUT2D eigenvalue weighted by molar-refractivity contribution is -0.133. The molecule has 1 rings (SSSR count). The molecule has 0 fully saturated rings. The monoisotopic (exact) mass is 273 g/mol. The molecule has 0 aliphatic rings. The number of likely N-dealkylation sites (N-methyl/N-ethyl adjacent to an activating group) is 1. The zero-order chi connectivity index (χ0) is 12.8. The molecule has 0 aliphatic heterocycles. The van der Waals surface area contributed by atoms with Gasteiger partial charge in [0.2, 0.25) is 0 Å². The van der Waals surface area contributed by atoms with E-state index in [9.17, 15) is 9.90 Å². The summed E-state index contributed by atoms with van der Waals surface area (Å²) >= 11 is 0. The second-order valence-electron chi connectivity index (χ2n) is 3.62. The molecule has 0 saturated carbocycles. The number of rotatable bonds is 5. The van der Waals surface area contributed by atoms with Crippen molar-refractivity contribution in [2.24, 2.45) is 0 Å². The summed E-state index contributed by atoms with van der Waals surface area (Å²) in [5.41, 5.74) is 1.46. The maximum absolute atomic E-state index is 11.4. The van der Waals surface area contributed by atoms with Gasteiger partial charge in [-0.1, -0.05) is 0 Å². The highest BCUT2D eigenvalue weighted by atomic mass is 31.0. The van der Waals surface area contributed by atoms with Crippen LogP contribution in [0.3, 0.4) is 0 Å². The standard InChI is InChI=1S/C12H17NO4.H3P/c1-8-4-9(7-14)12(10(5-8)16-3)17-11(15)6-13-2;/h4-5,13-14H,6-7H2,1-3H3;1H3. The highest BCUT2D eigenvalue weighted by molar-refractivity contribution is 6.92. The lowest BCUT2D eigenvalue weighted by atomic mass is 10.1. The molecule has 6 heteroatoms. The third-order valence-corrected chi connectivity index (χ3v) is 2.20. The van der Waals surface area contributed by atoms with Gasteiger partial charge in [0.15, 0.2) is 11.5 Å². The number of carbonyl (C=O) groups is 1. The first-order valence-corrected chi connectivity index (χ1v) is 5.26. The number of hydrogen-bond acceptors (Lipinski definition) is 5. The molecule has 5 nitrogen and oxygen atoms in total. The van der Waals surface area contributed by atoms with E-state index in [0.717, 1.165) is 5.56 Å². The first-order valence-electron chi connectivity index (χ1n) is 5.26. The van der Waals surface area contributed by atoms with E-state index in [1.54, 1.807) is 19.2 Å². The van der Waals surface area contributed by atoms with E-state index in [1.165, 1.54) is 7.11 Å². The summed E-state index contributed by atoms with van der Waals surface area (Å²) in [7, 11) is 3.14. The van der Waals surface area contributed by atoms with Crippen molar-refractivity contribution in [3.05, 3.63) is 23.3 Å². The summed E-state index contributed by atoms with van der Waals surface area (Å²) < 4.78 is 10.3. The molecular weight excluding hydrogens is 253 g/mol. The van der Waals surface area contributed by atoms with Gasteiger partial charge in [-0.15, -0.1) is 0 Å². The predicted octanol–water partition coefficient (Wildman–Crippen LogP) is 0.679. The maximum atomic E-state index is 11.4. The minimum absolute atomic E-state index is 0. The van der Waals surface area contributed by atoms with Gasteiger partial charge in [-0.3, -0.25) is 4.79 Å². The Bertz CT molecular complexity index is 384. The summed E-state index contributed by atoms with van der Waals surface area (Å²) in [6, 6.07) is 3.51. The summed E-state index contributed by atoms with van der Waals surface area (Å²) in [4.78, 5) is 11.4. The molecular formula is C12H20NO4P. The molecule has 1 aromatic rings. The molecule has 18 heavy (non-hydrogen) atoms. The minimum Gasteiger partial charge on any atom is -0.493 e. The van der Waals surface area contributed by atoms with Crippen molar-refractivity contribution < 1.29 is 19.4 Å². The second kappa shape index (κ2) is 8.03. The fourth-order valence-electron chi connectivity index (χ4n) is 1.49. The first-order chi connectivity index (χ1) is 8.12. The van der Waals surface area contributed by atoms with E-state index >= 15 is 0 Å². The van der Waals surface area contributed by atoms with E-state index in [0.29, 0.717) is 11.3 Å². The van der Waals surface area contributed by atoms with E-state index in [4.69, 9.17) is 9.47 Å². The van der Waals surface area contributed by atoms with Crippen LogP contribution in [0.2, 0.25) is 0 Å². The number of carbonyl (C=O) groups excluding carboxylic acids is 1. The minimum atomic E-state index is -0.427. The third kappa shape index (κ3) is 4.26. The molecule has 0 radical (unpaired) electrons. The van der Waals surface area contributed by atoms with E-state index in [1.807, 2.05) is 6.92 Å². The molecule has 1 atom stereocenters. The lowest BCUT2D eigenvalue weighted by Gasteiger charge is -2.13. The van der Waals surface area contributed by atoms with Crippen molar-refractivity contribution in [3.8, 4) is 11.5 Å². The molecule has 0 amide bonds. The quantitative estimate of drug-likeness (QED) is 0.469. The molecule has 0 aromatic heterocycles. The fourth-order valence-corrected chi connectivity index (χ4v) is 1.49. The van der Waals surface area contributed by atoms with Crippen LogP contribution in [0.15, 0.2) is 12.1 Å². The van der Waals surface area contributed by atoms with Gasteiger partial charge in [-0.05, 0) is 31.7 Å². The average molecular weight is 273 g/mol. The summed E-state index contributed by atoms with van der Waals surface area (Å²) in [5, 5.41) is 11.9. The Labute approximate surface area is 110 Å². The molecule has 102 valence electrons. The zero-order valence-electron chi connectivity index (χ0n) is 10.9. The molecule has 0 saturated heterocycles. The maximum Gasteiger partial charge on any atom is 0.325 e. The van der Waals surface area contributed by atoms with E-state index in [-0.39, 0.29) is 28.8 Å². The molecule has 1 aromatic carbocycles. The van der Waals surface area contributed by atoms with Crippen molar-refractivity contribution >= 4 is 15.9 Å². The van der Waals surface area contributed by atoms with Crippen molar-refractivity contribution in [1.29, 1.82) is 0 Å². The number of methoxy groups -OCH3 is 1. The van der Waals surface area contributed by atoms with Crippen LogP contribution >= 0.6 is 9.90 Å². The second-order valence-corrected chi connectivity index (χ2v) is 3.62. The average Bonchev–Trinajstić information content (AvgIpc) is 2.31. The molecule has 2 N–H and O–H groups in total. The third-order valence-electron chi connectivity index (χ3n) is 2.20. The van der Waals surface area contributed by atoms with Crippen molar-refractivity contribution in [2.45, 2.75) is 13.5 Å². The highest BCUT2D eigenvalue weighted by Gasteiger charge is 2.15. The van der Waals surface area contributed by atoms with Crippen LogP contribution in [0.25, 0.3) is 0 Å². The van der Waals surface area contributed by atoms with Crippen LogP contribution in [0, 0.1) is 6.92 Å². The Kier molecular flexibility index (Phi) is 7.51. The van der Waals surface area contributed by atoms with Crippen LogP contribution in [0.1, 0.15) is 11.1 Å².